The first-order valence-corrected chi connectivity index (χ1v) is 8.64. The minimum Gasteiger partial charge on any atom is -0.296 e. The molecule has 0 unspecified atom stereocenters. The summed E-state index contributed by atoms with van der Waals surface area (Å²) in [6.45, 7) is 7.34. The van der Waals surface area contributed by atoms with E-state index in [-0.39, 0.29) is 5.78 Å². The lowest BCUT2D eigenvalue weighted by Gasteiger charge is -2.35. The van der Waals surface area contributed by atoms with Gasteiger partial charge in [-0.2, -0.15) is 5.26 Å². The number of Topliss-reactive ketones (excluding diaryl/α,β-unsaturated/α-hetero) is 1. The Morgan fingerprint density at radius 2 is 2.04 bits per heavy atom. The van der Waals surface area contributed by atoms with Crippen molar-refractivity contribution >= 4 is 5.78 Å². The van der Waals surface area contributed by atoms with Gasteiger partial charge in [0.25, 0.3) is 0 Å². The summed E-state index contributed by atoms with van der Waals surface area (Å²) in [7, 11) is 0. The summed E-state index contributed by atoms with van der Waals surface area (Å²) in [5.74, 6) is 0.0848. The molecule has 0 aromatic heterocycles. The molecule has 0 spiro atoms. The molecule has 1 aliphatic heterocycles. The molecule has 1 aliphatic carbocycles. The van der Waals surface area contributed by atoms with Crippen molar-refractivity contribution in [1.82, 2.24) is 4.90 Å². The first-order valence-electron chi connectivity index (χ1n) is 8.64. The maximum atomic E-state index is 12.8. The number of carbonyl (C=O) groups excluding carboxylic acids is 1. The lowest BCUT2D eigenvalue weighted by molar-refractivity contribution is -0.121. The third kappa shape index (κ3) is 3.19. The number of carbonyl (C=O) groups is 1. The Labute approximate surface area is 139 Å². The number of fused-ring (bicyclic) bond motifs is 2. The minimum absolute atomic E-state index is 0.0379. The van der Waals surface area contributed by atoms with E-state index in [1.807, 2.05) is 30.3 Å². The molecule has 3 nitrogen and oxygen atoms in total. The predicted molar refractivity (Wildman–Crippen MR) is 90.9 cm³/mol. The van der Waals surface area contributed by atoms with Crippen molar-refractivity contribution in [3.63, 3.8) is 0 Å². The standard InChI is InChI=1S/C20H26N2O/c1-14-16-9-17(11-20(2,3)10-16)22(14)13-19(23)18(12-21)15-7-5-4-6-8-15/h4-8,14,16-18H,9-11,13H2,1-3H3/t14-,16+,17-,18-/m0/s1. The minimum atomic E-state index is -0.642. The Morgan fingerprint density at radius 3 is 2.70 bits per heavy atom. The number of rotatable bonds is 4. The van der Waals surface area contributed by atoms with Crippen LogP contribution in [0.15, 0.2) is 30.3 Å². The Kier molecular flexibility index (Phi) is 4.29. The van der Waals surface area contributed by atoms with Gasteiger partial charge in [0.15, 0.2) is 5.78 Å². The molecule has 1 aromatic carbocycles. The Balaban J connectivity index is 1.74. The highest BCUT2D eigenvalue weighted by Gasteiger charge is 2.47. The first kappa shape index (κ1) is 16.2. The highest BCUT2D eigenvalue weighted by molar-refractivity contribution is 5.90. The van der Waals surface area contributed by atoms with Crippen molar-refractivity contribution in [1.29, 1.82) is 5.26 Å². The van der Waals surface area contributed by atoms with Crippen LogP contribution in [-0.4, -0.2) is 29.3 Å². The summed E-state index contributed by atoms with van der Waals surface area (Å²) >= 11 is 0. The van der Waals surface area contributed by atoms with E-state index >= 15 is 0 Å². The Morgan fingerprint density at radius 1 is 1.35 bits per heavy atom. The molecular formula is C20H26N2O. The van der Waals surface area contributed by atoms with Crippen LogP contribution in [0.1, 0.15) is 51.5 Å². The summed E-state index contributed by atoms with van der Waals surface area (Å²) in [6, 6.07) is 12.6. The molecular weight excluding hydrogens is 284 g/mol. The van der Waals surface area contributed by atoms with Gasteiger partial charge in [-0.3, -0.25) is 9.69 Å². The van der Waals surface area contributed by atoms with Gasteiger partial charge in [0, 0.05) is 12.1 Å². The van der Waals surface area contributed by atoms with E-state index in [4.69, 9.17) is 0 Å². The van der Waals surface area contributed by atoms with Crippen molar-refractivity contribution in [2.24, 2.45) is 11.3 Å². The van der Waals surface area contributed by atoms with Crippen LogP contribution in [0.5, 0.6) is 0 Å². The van der Waals surface area contributed by atoms with Crippen LogP contribution in [0, 0.1) is 22.7 Å². The quantitative estimate of drug-likeness (QED) is 0.850. The zero-order chi connectivity index (χ0) is 16.6. The maximum absolute atomic E-state index is 12.8. The van der Waals surface area contributed by atoms with Gasteiger partial charge in [-0.1, -0.05) is 44.2 Å². The van der Waals surface area contributed by atoms with E-state index in [1.165, 1.54) is 12.8 Å². The molecule has 2 bridgehead atoms. The van der Waals surface area contributed by atoms with Crippen LogP contribution in [0.2, 0.25) is 0 Å². The second-order valence-electron chi connectivity index (χ2n) is 8.07. The molecule has 1 heterocycles. The van der Waals surface area contributed by atoms with Crippen LogP contribution in [-0.2, 0) is 4.79 Å². The number of hydrogen-bond acceptors (Lipinski definition) is 3. The molecule has 0 radical (unpaired) electrons. The van der Waals surface area contributed by atoms with Gasteiger partial charge < -0.3 is 0 Å². The smallest absolute Gasteiger partial charge is 0.168 e. The molecule has 122 valence electrons. The summed E-state index contributed by atoms with van der Waals surface area (Å²) in [6.07, 6.45) is 3.61. The third-order valence-electron chi connectivity index (χ3n) is 5.77. The van der Waals surface area contributed by atoms with E-state index in [0.29, 0.717) is 30.0 Å². The van der Waals surface area contributed by atoms with E-state index in [2.05, 4.69) is 31.7 Å². The van der Waals surface area contributed by atoms with E-state index in [9.17, 15) is 10.1 Å². The van der Waals surface area contributed by atoms with Crippen molar-refractivity contribution in [3.8, 4) is 6.07 Å². The van der Waals surface area contributed by atoms with E-state index < -0.39 is 5.92 Å². The van der Waals surface area contributed by atoms with Crippen molar-refractivity contribution in [2.75, 3.05) is 6.54 Å². The highest BCUT2D eigenvalue weighted by Crippen LogP contribution is 2.48. The average Bonchev–Trinajstić information content (AvgIpc) is 2.72. The Hall–Kier alpha value is -1.66. The molecule has 2 fully saturated rings. The van der Waals surface area contributed by atoms with Gasteiger partial charge in [0.1, 0.15) is 5.92 Å². The summed E-state index contributed by atoms with van der Waals surface area (Å²) in [5, 5.41) is 9.47. The molecule has 1 saturated heterocycles. The molecule has 23 heavy (non-hydrogen) atoms. The lowest BCUT2D eigenvalue weighted by Crippen LogP contribution is -2.40. The van der Waals surface area contributed by atoms with Gasteiger partial charge >= 0.3 is 0 Å². The van der Waals surface area contributed by atoms with Crippen LogP contribution in [0.4, 0.5) is 0 Å². The lowest BCUT2D eigenvalue weighted by atomic mass is 9.71. The summed E-state index contributed by atoms with van der Waals surface area (Å²) in [5.41, 5.74) is 1.18. The monoisotopic (exact) mass is 310 g/mol. The van der Waals surface area contributed by atoms with Crippen molar-refractivity contribution in [2.45, 2.75) is 58.0 Å². The molecule has 1 saturated carbocycles. The van der Waals surface area contributed by atoms with Crippen molar-refractivity contribution < 1.29 is 4.79 Å². The SMILES string of the molecule is C[C@H]1[C@@H]2C[C@@H](CC(C)(C)C2)N1CC(=O)[C@@H](C#N)c1ccccc1. The molecule has 2 aliphatic rings. The largest absolute Gasteiger partial charge is 0.296 e. The number of nitrogens with zero attached hydrogens (tertiary/aromatic N) is 2. The molecule has 3 rings (SSSR count). The van der Waals surface area contributed by atoms with Crippen LogP contribution < -0.4 is 0 Å². The van der Waals surface area contributed by atoms with Crippen LogP contribution in [0.25, 0.3) is 0 Å². The summed E-state index contributed by atoms with van der Waals surface area (Å²) in [4.78, 5) is 15.1. The van der Waals surface area contributed by atoms with Gasteiger partial charge in [-0.15, -0.1) is 0 Å². The topological polar surface area (TPSA) is 44.1 Å². The molecule has 0 amide bonds. The van der Waals surface area contributed by atoms with E-state index in [1.54, 1.807) is 0 Å². The highest BCUT2D eigenvalue weighted by atomic mass is 16.1. The zero-order valence-corrected chi connectivity index (χ0v) is 14.3. The van der Waals surface area contributed by atoms with E-state index in [0.717, 1.165) is 12.0 Å². The maximum Gasteiger partial charge on any atom is 0.168 e. The van der Waals surface area contributed by atoms with Crippen LogP contribution >= 0.6 is 0 Å². The predicted octanol–water partition coefficient (Wildman–Crippen LogP) is 3.76. The second-order valence-corrected chi connectivity index (χ2v) is 8.07. The van der Waals surface area contributed by atoms with Gasteiger partial charge in [0.2, 0.25) is 0 Å². The molecule has 4 atom stereocenters. The fourth-order valence-corrected chi connectivity index (χ4v) is 4.69. The molecule has 0 N–H and O–H groups in total. The first-order chi connectivity index (χ1) is 10.9. The number of likely N-dealkylation sites (tertiary alicyclic amines) is 1. The average molecular weight is 310 g/mol. The molecule has 1 aromatic rings. The van der Waals surface area contributed by atoms with Gasteiger partial charge in [-0.05, 0) is 43.1 Å². The van der Waals surface area contributed by atoms with Crippen LogP contribution in [0.3, 0.4) is 0 Å². The zero-order valence-electron chi connectivity index (χ0n) is 14.3. The second kappa shape index (κ2) is 6.09. The number of hydrogen-bond donors (Lipinski definition) is 0. The van der Waals surface area contributed by atoms with Gasteiger partial charge in [0.05, 0.1) is 12.6 Å². The Bertz CT molecular complexity index is 616. The molecule has 3 heteroatoms. The normalized spacial score (nSPS) is 30.6. The third-order valence-corrected chi connectivity index (χ3v) is 5.77. The fourth-order valence-electron chi connectivity index (χ4n) is 4.69. The number of benzene rings is 1. The summed E-state index contributed by atoms with van der Waals surface area (Å²) < 4.78 is 0. The van der Waals surface area contributed by atoms with Gasteiger partial charge in [-0.25, -0.2) is 0 Å². The number of nitriles is 1. The van der Waals surface area contributed by atoms with Crippen molar-refractivity contribution in [3.05, 3.63) is 35.9 Å². The number of ketones is 1. The fraction of sp³-hybridized carbons (Fsp3) is 0.600.